The first-order chi connectivity index (χ1) is 7.49. The molecule has 0 saturated carbocycles. The molecule has 0 atom stereocenters. The molecular weight excluding hydrogens is 275 g/mol. The third-order valence-corrected chi connectivity index (χ3v) is 2.89. The highest BCUT2D eigenvalue weighted by atomic mass is 79.9. The topological polar surface area (TPSA) is 30.2 Å². The van der Waals surface area contributed by atoms with Crippen molar-refractivity contribution >= 4 is 32.7 Å². The molecule has 0 unspecified atom stereocenters. The molecule has 84 valence electrons. The number of furan rings is 1. The van der Waals surface area contributed by atoms with Gasteiger partial charge in [0.15, 0.2) is 5.76 Å². The summed E-state index contributed by atoms with van der Waals surface area (Å²) in [5.41, 5.74) is 0.505. The van der Waals surface area contributed by atoms with Crippen molar-refractivity contribution in [2.75, 3.05) is 0 Å². The third kappa shape index (κ3) is 1.89. The number of carbonyl (C=O) groups excluding carboxylic acids is 1. The van der Waals surface area contributed by atoms with Crippen LogP contribution in [0, 0.1) is 11.7 Å². The molecule has 0 saturated heterocycles. The minimum Gasteiger partial charge on any atom is -0.452 e. The first kappa shape index (κ1) is 11.3. The number of fused-ring (bicyclic) bond motifs is 1. The Morgan fingerprint density at radius 3 is 2.69 bits per heavy atom. The van der Waals surface area contributed by atoms with Crippen LogP contribution >= 0.6 is 15.9 Å². The molecule has 1 aromatic heterocycles. The van der Waals surface area contributed by atoms with Gasteiger partial charge in [-0.25, -0.2) is 4.39 Å². The average molecular weight is 285 g/mol. The molecule has 0 bridgehead atoms. The summed E-state index contributed by atoms with van der Waals surface area (Å²) in [6.07, 6.45) is 0. The zero-order chi connectivity index (χ0) is 11.9. The van der Waals surface area contributed by atoms with Crippen molar-refractivity contribution in [3.8, 4) is 0 Å². The molecule has 0 aliphatic carbocycles. The predicted octanol–water partition coefficient (Wildman–Crippen LogP) is 4.17. The van der Waals surface area contributed by atoms with Gasteiger partial charge < -0.3 is 4.42 Å². The molecule has 2 nitrogen and oxygen atoms in total. The molecule has 4 heteroatoms. The van der Waals surface area contributed by atoms with Crippen LogP contribution in [-0.2, 0) is 0 Å². The van der Waals surface area contributed by atoms with Gasteiger partial charge in [0.1, 0.15) is 11.4 Å². The molecule has 0 spiro atoms. The Bertz CT molecular complexity index is 557. The Balaban J connectivity index is 2.60. The Labute approximate surface area is 101 Å². The van der Waals surface area contributed by atoms with E-state index in [2.05, 4.69) is 15.9 Å². The minimum atomic E-state index is -0.358. The van der Waals surface area contributed by atoms with Crippen molar-refractivity contribution in [3.05, 3.63) is 34.2 Å². The van der Waals surface area contributed by atoms with Crippen LogP contribution in [0.2, 0.25) is 0 Å². The van der Waals surface area contributed by atoms with Gasteiger partial charge in [0.25, 0.3) is 0 Å². The Morgan fingerprint density at radius 1 is 1.38 bits per heavy atom. The van der Waals surface area contributed by atoms with E-state index in [1.807, 2.05) is 0 Å². The van der Waals surface area contributed by atoms with Crippen LogP contribution in [0.3, 0.4) is 0 Å². The number of benzene rings is 1. The highest BCUT2D eigenvalue weighted by Gasteiger charge is 2.17. The van der Waals surface area contributed by atoms with Gasteiger partial charge in [0.05, 0.1) is 4.47 Å². The van der Waals surface area contributed by atoms with E-state index < -0.39 is 0 Å². The van der Waals surface area contributed by atoms with Crippen LogP contribution in [0.15, 0.2) is 27.1 Å². The van der Waals surface area contributed by atoms with Gasteiger partial charge >= 0.3 is 0 Å². The van der Waals surface area contributed by atoms with E-state index in [4.69, 9.17) is 4.42 Å². The second-order valence-electron chi connectivity index (χ2n) is 3.94. The van der Waals surface area contributed by atoms with Crippen LogP contribution in [0.5, 0.6) is 0 Å². The van der Waals surface area contributed by atoms with Crippen molar-refractivity contribution in [1.29, 1.82) is 0 Å². The van der Waals surface area contributed by atoms with Crippen LogP contribution < -0.4 is 0 Å². The first-order valence-corrected chi connectivity index (χ1v) is 5.71. The van der Waals surface area contributed by atoms with Crippen molar-refractivity contribution in [2.24, 2.45) is 5.92 Å². The van der Waals surface area contributed by atoms with Gasteiger partial charge in [-0.3, -0.25) is 4.79 Å². The molecule has 1 heterocycles. The second-order valence-corrected chi connectivity index (χ2v) is 4.79. The van der Waals surface area contributed by atoms with Crippen molar-refractivity contribution in [2.45, 2.75) is 13.8 Å². The largest absolute Gasteiger partial charge is 0.452 e. The molecule has 0 amide bonds. The zero-order valence-electron chi connectivity index (χ0n) is 8.88. The number of Topliss-reactive ketones (excluding diaryl/α,β-unsaturated/α-hetero) is 1. The highest BCUT2D eigenvalue weighted by molar-refractivity contribution is 9.10. The van der Waals surface area contributed by atoms with Gasteiger partial charge in [-0.2, -0.15) is 0 Å². The maximum absolute atomic E-state index is 13.1. The molecule has 16 heavy (non-hydrogen) atoms. The van der Waals surface area contributed by atoms with Crippen molar-refractivity contribution in [1.82, 2.24) is 0 Å². The summed E-state index contributed by atoms with van der Waals surface area (Å²) in [6, 6.07) is 4.24. The lowest BCUT2D eigenvalue weighted by Crippen LogP contribution is -2.05. The van der Waals surface area contributed by atoms with Crippen molar-refractivity contribution in [3.63, 3.8) is 0 Å². The zero-order valence-corrected chi connectivity index (χ0v) is 10.5. The molecule has 2 aromatic rings. The first-order valence-electron chi connectivity index (χ1n) is 4.92. The van der Waals surface area contributed by atoms with Crippen LogP contribution in [0.4, 0.5) is 4.39 Å². The van der Waals surface area contributed by atoms with Crippen LogP contribution in [-0.4, -0.2) is 5.78 Å². The van der Waals surface area contributed by atoms with Crippen LogP contribution in [0.1, 0.15) is 24.4 Å². The maximum Gasteiger partial charge on any atom is 0.200 e. The summed E-state index contributed by atoms with van der Waals surface area (Å²) in [5.74, 6) is -0.298. The van der Waals surface area contributed by atoms with E-state index in [1.54, 1.807) is 19.9 Å². The van der Waals surface area contributed by atoms with Gasteiger partial charge in [0.2, 0.25) is 5.78 Å². The third-order valence-electron chi connectivity index (χ3n) is 2.30. The fourth-order valence-electron chi connectivity index (χ4n) is 1.48. The number of hydrogen-bond acceptors (Lipinski definition) is 2. The van der Waals surface area contributed by atoms with Gasteiger partial charge in [0, 0.05) is 11.3 Å². The number of hydrogen-bond donors (Lipinski definition) is 0. The summed E-state index contributed by atoms with van der Waals surface area (Å²) in [5, 5.41) is 0.593. The molecule has 0 N–H and O–H groups in total. The fourth-order valence-corrected chi connectivity index (χ4v) is 2.01. The van der Waals surface area contributed by atoms with E-state index in [0.29, 0.717) is 15.4 Å². The minimum absolute atomic E-state index is 0.0801. The number of rotatable bonds is 2. The Hall–Kier alpha value is -1.16. The van der Waals surface area contributed by atoms with Gasteiger partial charge in [-0.15, -0.1) is 0 Å². The van der Waals surface area contributed by atoms with E-state index >= 15 is 0 Å². The molecule has 0 radical (unpaired) electrons. The number of halogens is 2. The van der Waals surface area contributed by atoms with Gasteiger partial charge in [-0.1, -0.05) is 13.8 Å². The van der Waals surface area contributed by atoms with E-state index in [0.717, 1.165) is 0 Å². The summed E-state index contributed by atoms with van der Waals surface area (Å²) in [7, 11) is 0. The van der Waals surface area contributed by atoms with E-state index in [-0.39, 0.29) is 23.3 Å². The summed E-state index contributed by atoms with van der Waals surface area (Å²) >= 11 is 3.20. The predicted molar refractivity (Wildman–Crippen MR) is 63.0 cm³/mol. The Kier molecular flexibility index (Phi) is 2.84. The quantitative estimate of drug-likeness (QED) is 0.775. The summed E-state index contributed by atoms with van der Waals surface area (Å²) in [4.78, 5) is 11.7. The molecule has 0 aliphatic heterocycles. The van der Waals surface area contributed by atoms with E-state index in [9.17, 15) is 9.18 Å². The molecule has 1 aromatic carbocycles. The summed E-state index contributed by atoms with van der Waals surface area (Å²) in [6.45, 7) is 3.59. The standard InChI is InChI=1S/C12H10BrFO2/c1-6(2)11(15)10-4-7-3-8(14)5-9(13)12(7)16-10/h3-6H,1-2H3. The monoisotopic (exact) mass is 284 g/mol. The number of carbonyl (C=O) groups is 1. The molecule has 0 fully saturated rings. The lowest BCUT2D eigenvalue weighted by Gasteiger charge is -1.98. The Morgan fingerprint density at radius 2 is 2.06 bits per heavy atom. The van der Waals surface area contributed by atoms with Crippen molar-refractivity contribution < 1.29 is 13.6 Å². The number of ketones is 1. The average Bonchev–Trinajstić information content (AvgIpc) is 2.60. The summed E-state index contributed by atoms with van der Waals surface area (Å²) < 4.78 is 19.0. The van der Waals surface area contributed by atoms with Gasteiger partial charge in [-0.05, 0) is 34.1 Å². The molecule has 2 rings (SSSR count). The smallest absolute Gasteiger partial charge is 0.200 e. The van der Waals surface area contributed by atoms with Crippen LogP contribution in [0.25, 0.3) is 11.0 Å². The normalized spacial score (nSPS) is 11.3. The maximum atomic E-state index is 13.1. The lowest BCUT2D eigenvalue weighted by atomic mass is 10.1. The molecular formula is C12H10BrFO2. The highest BCUT2D eigenvalue weighted by Crippen LogP contribution is 2.29. The lowest BCUT2D eigenvalue weighted by molar-refractivity contribution is 0.0913. The fraction of sp³-hybridized carbons (Fsp3) is 0.250. The SMILES string of the molecule is CC(C)C(=O)c1cc2cc(F)cc(Br)c2o1. The second kappa shape index (κ2) is 4.01. The molecule has 0 aliphatic rings. The van der Waals surface area contributed by atoms with E-state index in [1.165, 1.54) is 12.1 Å².